The number of rotatable bonds is 2. The number of methoxy groups -OCH3 is 1. The second kappa shape index (κ2) is 5.10. The summed E-state index contributed by atoms with van der Waals surface area (Å²) in [6, 6.07) is 10.7. The molecule has 0 unspecified atom stereocenters. The number of carbonyl (C=O) groups is 1. The molecule has 1 aromatic carbocycles. The van der Waals surface area contributed by atoms with Crippen molar-refractivity contribution in [2.75, 3.05) is 7.11 Å². The summed E-state index contributed by atoms with van der Waals surface area (Å²) in [7, 11) is 1.35. The fraction of sp³-hybridized carbons (Fsp3) is 0.0625. The van der Waals surface area contributed by atoms with Gasteiger partial charge >= 0.3 is 5.97 Å². The lowest BCUT2D eigenvalue weighted by Gasteiger charge is -1.99. The third-order valence-corrected chi connectivity index (χ3v) is 3.16. The van der Waals surface area contributed by atoms with Crippen LogP contribution < -0.4 is 0 Å². The van der Waals surface area contributed by atoms with E-state index in [-0.39, 0.29) is 5.97 Å². The number of nitrogens with zero attached hydrogens (tertiary/aromatic N) is 3. The fourth-order valence-corrected chi connectivity index (χ4v) is 2.08. The van der Waals surface area contributed by atoms with Gasteiger partial charge in [-0.25, -0.2) is 14.6 Å². The number of hydrogen-bond donors (Lipinski definition) is 0. The van der Waals surface area contributed by atoms with Crippen molar-refractivity contribution in [3.63, 3.8) is 0 Å². The van der Waals surface area contributed by atoms with Gasteiger partial charge < -0.3 is 9.14 Å². The molecule has 2 heterocycles. The Morgan fingerprint density at radius 1 is 1.19 bits per heavy atom. The molecule has 3 aromatic rings. The standard InChI is InChI=1S/C16H11N3O2/c1-17-13-6-3-11(4-7-13)14-10-19-9-12(16(20)21-2)5-8-15(19)18-14/h3-10H,2H3. The van der Waals surface area contributed by atoms with Gasteiger partial charge in [0, 0.05) is 12.4 Å². The highest BCUT2D eigenvalue weighted by Gasteiger charge is 2.09. The largest absolute Gasteiger partial charge is 0.465 e. The number of aromatic nitrogens is 2. The summed E-state index contributed by atoms with van der Waals surface area (Å²) in [5.41, 5.74) is 3.51. The molecule has 0 aliphatic rings. The Morgan fingerprint density at radius 3 is 2.62 bits per heavy atom. The Morgan fingerprint density at radius 2 is 1.95 bits per heavy atom. The number of hydrogen-bond acceptors (Lipinski definition) is 3. The molecule has 0 amide bonds. The van der Waals surface area contributed by atoms with Crippen LogP contribution in [0.4, 0.5) is 5.69 Å². The summed E-state index contributed by atoms with van der Waals surface area (Å²) in [6.45, 7) is 6.95. The lowest BCUT2D eigenvalue weighted by atomic mass is 10.1. The summed E-state index contributed by atoms with van der Waals surface area (Å²) in [5.74, 6) is -0.381. The van der Waals surface area contributed by atoms with Gasteiger partial charge in [0.1, 0.15) is 5.65 Å². The maximum atomic E-state index is 11.5. The number of pyridine rings is 1. The van der Waals surface area contributed by atoms with Crippen LogP contribution in [0.15, 0.2) is 48.8 Å². The van der Waals surface area contributed by atoms with E-state index < -0.39 is 0 Å². The molecule has 0 saturated carbocycles. The molecule has 0 saturated heterocycles. The van der Waals surface area contributed by atoms with E-state index in [0.29, 0.717) is 11.3 Å². The molecular weight excluding hydrogens is 266 g/mol. The van der Waals surface area contributed by atoms with Crippen molar-refractivity contribution in [3.8, 4) is 11.3 Å². The van der Waals surface area contributed by atoms with Gasteiger partial charge in [-0.3, -0.25) is 0 Å². The van der Waals surface area contributed by atoms with Gasteiger partial charge in [-0.2, -0.15) is 0 Å². The summed E-state index contributed by atoms with van der Waals surface area (Å²) in [5, 5.41) is 0. The first-order valence-electron chi connectivity index (χ1n) is 6.26. The minimum Gasteiger partial charge on any atom is -0.465 e. The first-order valence-corrected chi connectivity index (χ1v) is 6.26. The normalized spacial score (nSPS) is 10.3. The minimum absolute atomic E-state index is 0.381. The van der Waals surface area contributed by atoms with Crippen LogP contribution in [0.3, 0.4) is 0 Å². The van der Waals surface area contributed by atoms with Crippen molar-refractivity contribution in [1.29, 1.82) is 0 Å². The maximum absolute atomic E-state index is 11.5. The van der Waals surface area contributed by atoms with E-state index in [1.54, 1.807) is 34.9 Å². The van der Waals surface area contributed by atoms with Crippen LogP contribution in [0.2, 0.25) is 0 Å². The molecule has 0 fully saturated rings. The molecule has 0 bridgehead atoms. The Bertz CT molecular complexity index is 857. The van der Waals surface area contributed by atoms with Gasteiger partial charge in [-0.15, -0.1) is 0 Å². The highest BCUT2D eigenvalue weighted by molar-refractivity contribution is 5.89. The SMILES string of the molecule is [C-]#[N+]c1ccc(-c2cn3cc(C(=O)OC)ccc3n2)cc1. The lowest BCUT2D eigenvalue weighted by molar-refractivity contribution is 0.0600. The summed E-state index contributed by atoms with van der Waals surface area (Å²) in [4.78, 5) is 19.4. The topological polar surface area (TPSA) is 48.0 Å². The highest BCUT2D eigenvalue weighted by Crippen LogP contribution is 2.22. The Kier molecular flexibility index (Phi) is 3.13. The van der Waals surface area contributed by atoms with E-state index in [2.05, 4.69) is 9.83 Å². The van der Waals surface area contributed by atoms with Gasteiger partial charge in [-0.1, -0.05) is 24.3 Å². The minimum atomic E-state index is -0.381. The van der Waals surface area contributed by atoms with Crippen LogP contribution in [-0.2, 0) is 4.74 Å². The third-order valence-electron chi connectivity index (χ3n) is 3.16. The molecule has 0 radical (unpaired) electrons. The van der Waals surface area contributed by atoms with Gasteiger partial charge in [-0.05, 0) is 17.7 Å². The first-order chi connectivity index (χ1) is 10.2. The quantitative estimate of drug-likeness (QED) is 0.533. The van der Waals surface area contributed by atoms with E-state index in [1.807, 2.05) is 18.3 Å². The monoisotopic (exact) mass is 277 g/mol. The number of benzene rings is 1. The lowest BCUT2D eigenvalue weighted by Crippen LogP contribution is -2.02. The predicted molar refractivity (Wildman–Crippen MR) is 78.2 cm³/mol. The average Bonchev–Trinajstić information content (AvgIpc) is 2.97. The average molecular weight is 277 g/mol. The van der Waals surface area contributed by atoms with Crippen molar-refractivity contribution in [2.24, 2.45) is 0 Å². The van der Waals surface area contributed by atoms with E-state index in [9.17, 15) is 4.79 Å². The van der Waals surface area contributed by atoms with Crippen molar-refractivity contribution < 1.29 is 9.53 Å². The number of fused-ring (bicyclic) bond motifs is 1. The molecule has 0 atom stereocenters. The van der Waals surface area contributed by atoms with Crippen molar-refractivity contribution in [2.45, 2.75) is 0 Å². The Balaban J connectivity index is 2.04. The van der Waals surface area contributed by atoms with E-state index in [4.69, 9.17) is 11.3 Å². The molecule has 0 N–H and O–H groups in total. The number of carbonyl (C=O) groups excluding carboxylic acids is 1. The smallest absolute Gasteiger partial charge is 0.339 e. The zero-order valence-corrected chi connectivity index (χ0v) is 11.3. The van der Waals surface area contributed by atoms with Gasteiger partial charge in [0.2, 0.25) is 0 Å². The maximum Gasteiger partial charge on any atom is 0.339 e. The van der Waals surface area contributed by atoms with Gasteiger partial charge in [0.05, 0.1) is 24.9 Å². The van der Waals surface area contributed by atoms with Gasteiger partial charge in [0.15, 0.2) is 5.69 Å². The van der Waals surface area contributed by atoms with E-state index >= 15 is 0 Å². The van der Waals surface area contributed by atoms with Crippen LogP contribution in [0.5, 0.6) is 0 Å². The van der Waals surface area contributed by atoms with Crippen LogP contribution in [0.1, 0.15) is 10.4 Å². The summed E-state index contributed by atoms with van der Waals surface area (Å²) >= 11 is 0. The Hall–Kier alpha value is -3.13. The molecule has 2 aromatic heterocycles. The van der Waals surface area contributed by atoms with Crippen LogP contribution in [0, 0.1) is 6.57 Å². The molecule has 5 nitrogen and oxygen atoms in total. The molecule has 0 spiro atoms. The van der Waals surface area contributed by atoms with Crippen LogP contribution in [-0.4, -0.2) is 22.5 Å². The van der Waals surface area contributed by atoms with Gasteiger partial charge in [0.25, 0.3) is 0 Å². The van der Waals surface area contributed by atoms with Crippen LogP contribution >= 0.6 is 0 Å². The second-order valence-electron chi connectivity index (χ2n) is 4.46. The second-order valence-corrected chi connectivity index (χ2v) is 4.46. The Labute approximate surface area is 121 Å². The van der Waals surface area contributed by atoms with E-state index in [1.165, 1.54) is 7.11 Å². The highest BCUT2D eigenvalue weighted by atomic mass is 16.5. The first kappa shape index (κ1) is 12.9. The molecule has 5 heteroatoms. The third kappa shape index (κ3) is 2.35. The molecule has 21 heavy (non-hydrogen) atoms. The van der Waals surface area contributed by atoms with Crippen molar-refractivity contribution >= 4 is 17.3 Å². The molecule has 0 aliphatic heterocycles. The molecule has 102 valence electrons. The van der Waals surface area contributed by atoms with Crippen molar-refractivity contribution in [1.82, 2.24) is 9.38 Å². The zero-order chi connectivity index (χ0) is 14.8. The number of esters is 1. The number of ether oxygens (including phenoxy) is 1. The van der Waals surface area contributed by atoms with Crippen LogP contribution in [0.25, 0.3) is 21.7 Å². The van der Waals surface area contributed by atoms with Crippen molar-refractivity contribution in [3.05, 3.63) is 65.8 Å². The summed E-state index contributed by atoms with van der Waals surface area (Å²) < 4.78 is 6.48. The zero-order valence-electron chi connectivity index (χ0n) is 11.3. The fourth-order valence-electron chi connectivity index (χ4n) is 2.08. The summed E-state index contributed by atoms with van der Waals surface area (Å²) in [6.07, 6.45) is 3.53. The molecule has 3 rings (SSSR count). The number of imidazole rings is 1. The molecule has 0 aliphatic carbocycles. The predicted octanol–water partition coefficient (Wildman–Crippen LogP) is 3.34. The molecular formula is C16H11N3O2. The van der Waals surface area contributed by atoms with E-state index in [0.717, 1.165) is 16.9 Å².